The molecule has 4 aromatic rings. The summed E-state index contributed by atoms with van der Waals surface area (Å²) < 4.78 is 56.7. The number of likely N-dealkylation sites (N-methyl/N-ethyl adjacent to an activating group) is 1. The molecule has 11 heteroatoms. The molecule has 0 unspecified atom stereocenters. The van der Waals surface area contributed by atoms with Gasteiger partial charge in [0.2, 0.25) is 10.0 Å². The standard InChI is InChI=1S/C29H30F2N4O3S2/c1-3-33(4-2)15-16-35(29-32-27-25(31)17-23(30)18-26(27)39-29)28(36)21-9-11-24(12-10-21)40(37,38)34-14-13-20-7-5-6-8-22(20)19-34/h5-12,17-18H,3-4,13-16,19H2,1-2H3. The minimum atomic E-state index is -3.76. The van der Waals surface area contributed by atoms with Crippen molar-refractivity contribution >= 4 is 42.6 Å². The zero-order valence-corrected chi connectivity index (χ0v) is 23.9. The van der Waals surface area contributed by atoms with Crippen LogP contribution < -0.4 is 4.90 Å². The van der Waals surface area contributed by atoms with Crippen LogP contribution in [0.2, 0.25) is 0 Å². The molecule has 0 bridgehead atoms. The second kappa shape index (κ2) is 11.7. The first-order valence-corrected chi connectivity index (χ1v) is 15.4. The van der Waals surface area contributed by atoms with Crippen molar-refractivity contribution in [2.24, 2.45) is 0 Å². The largest absolute Gasteiger partial charge is 0.302 e. The third kappa shape index (κ3) is 5.64. The van der Waals surface area contributed by atoms with E-state index >= 15 is 0 Å². The lowest BCUT2D eigenvalue weighted by atomic mass is 10.0. The first-order chi connectivity index (χ1) is 19.2. The molecule has 1 amide bonds. The zero-order valence-electron chi connectivity index (χ0n) is 22.3. The highest BCUT2D eigenvalue weighted by molar-refractivity contribution is 7.89. The highest BCUT2D eigenvalue weighted by Crippen LogP contribution is 2.32. The van der Waals surface area contributed by atoms with Crippen LogP contribution in [-0.2, 0) is 23.0 Å². The van der Waals surface area contributed by atoms with Crippen molar-refractivity contribution in [1.29, 1.82) is 0 Å². The number of rotatable bonds is 9. The summed E-state index contributed by atoms with van der Waals surface area (Å²) in [6, 6.07) is 15.6. The smallest absolute Gasteiger partial charge is 0.260 e. The molecule has 0 radical (unpaired) electrons. The monoisotopic (exact) mass is 584 g/mol. The molecular formula is C29H30F2N4O3S2. The minimum Gasteiger partial charge on any atom is -0.302 e. The second-order valence-electron chi connectivity index (χ2n) is 9.60. The van der Waals surface area contributed by atoms with Gasteiger partial charge in [0.15, 0.2) is 10.9 Å². The molecule has 0 saturated carbocycles. The van der Waals surface area contributed by atoms with E-state index in [1.54, 1.807) is 0 Å². The first-order valence-electron chi connectivity index (χ1n) is 13.2. The Morgan fingerprint density at radius 3 is 2.40 bits per heavy atom. The summed E-state index contributed by atoms with van der Waals surface area (Å²) in [5, 5.41) is 0.250. The predicted molar refractivity (Wildman–Crippen MR) is 153 cm³/mol. The first kappa shape index (κ1) is 28.3. The van der Waals surface area contributed by atoms with E-state index in [9.17, 15) is 22.0 Å². The molecule has 0 fully saturated rings. The summed E-state index contributed by atoms with van der Waals surface area (Å²) in [7, 11) is -3.76. The number of sulfonamides is 1. The molecule has 2 heterocycles. The molecule has 0 N–H and O–H groups in total. The summed E-state index contributed by atoms with van der Waals surface area (Å²) in [4.78, 5) is 21.7. The van der Waals surface area contributed by atoms with Gasteiger partial charge in [-0.2, -0.15) is 4.31 Å². The van der Waals surface area contributed by atoms with Crippen LogP contribution in [0.25, 0.3) is 10.2 Å². The fraction of sp³-hybridized carbons (Fsp3) is 0.310. The van der Waals surface area contributed by atoms with E-state index in [0.717, 1.165) is 41.6 Å². The Morgan fingerprint density at radius 1 is 1.00 bits per heavy atom. The highest BCUT2D eigenvalue weighted by Gasteiger charge is 2.29. The Kier molecular flexibility index (Phi) is 8.27. The van der Waals surface area contributed by atoms with Gasteiger partial charge in [0, 0.05) is 37.8 Å². The van der Waals surface area contributed by atoms with Crippen LogP contribution >= 0.6 is 11.3 Å². The van der Waals surface area contributed by atoms with Crippen LogP contribution in [0, 0.1) is 11.6 Å². The van der Waals surface area contributed by atoms with Gasteiger partial charge in [-0.25, -0.2) is 22.2 Å². The number of hydrogen-bond donors (Lipinski definition) is 0. The molecule has 1 aliphatic heterocycles. The van der Waals surface area contributed by atoms with E-state index in [1.165, 1.54) is 39.5 Å². The second-order valence-corrected chi connectivity index (χ2v) is 12.5. The lowest BCUT2D eigenvalue weighted by Crippen LogP contribution is -2.39. The van der Waals surface area contributed by atoms with Gasteiger partial charge in [-0.1, -0.05) is 49.4 Å². The van der Waals surface area contributed by atoms with Gasteiger partial charge in [-0.3, -0.25) is 9.69 Å². The maximum atomic E-state index is 14.4. The van der Waals surface area contributed by atoms with Gasteiger partial charge in [0.05, 0.1) is 9.60 Å². The Hall–Kier alpha value is -3.25. The summed E-state index contributed by atoms with van der Waals surface area (Å²) in [6.07, 6.45) is 0.639. The fourth-order valence-corrected chi connectivity index (χ4v) is 7.32. The number of halogens is 2. The molecule has 0 atom stereocenters. The summed E-state index contributed by atoms with van der Waals surface area (Å²) in [6.45, 7) is 7.11. The minimum absolute atomic E-state index is 0.00610. The van der Waals surface area contributed by atoms with Crippen LogP contribution in [0.3, 0.4) is 0 Å². The molecule has 1 aliphatic rings. The van der Waals surface area contributed by atoms with Crippen molar-refractivity contribution in [3.63, 3.8) is 0 Å². The molecule has 5 rings (SSSR count). The Morgan fingerprint density at radius 2 is 1.70 bits per heavy atom. The maximum absolute atomic E-state index is 14.4. The topological polar surface area (TPSA) is 73.8 Å². The Labute approximate surface area is 236 Å². The van der Waals surface area contributed by atoms with Crippen molar-refractivity contribution in [3.8, 4) is 0 Å². The van der Waals surface area contributed by atoms with Gasteiger partial charge in [-0.15, -0.1) is 0 Å². The fourth-order valence-electron chi connectivity index (χ4n) is 4.88. The normalized spacial score (nSPS) is 14.0. The average Bonchev–Trinajstić information content (AvgIpc) is 3.39. The van der Waals surface area contributed by atoms with E-state index in [0.29, 0.717) is 30.8 Å². The van der Waals surface area contributed by atoms with Crippen LogP contribution in [0.15, 0.2) is 65.6 Å². The molecule has 7 nitrogen and oxygen atoms in total. The predicted octanol–water partition coefficient (Wildman–Crippen LogP) is 5.31. The molecule has 0 aliphatic carbocycles. The van der Waals surface area contributed by atoms with Crippen molar-refractivity contribution in [2.45, 2.75) is 31.7 Å². The van der Waals surface area contributed by atoms with Gasteiger partial charge in [0.1, 0.15) is 11.3 Å². The summed E-state index contributed by atoms with van der Waals surface area (Å²) >= 11 is 1.04. The maximum Gasteiger partial charge on any atom is 0.260 e. The van der Waals surface area contributed by atoms with Crippen LogP contribution in [0.5, 0.6) is 0 Å². The number of fused-ring (bicyclic) bond motifs is 2. The number of hydrogen-bond acceptors (Lipinski definition) is 6. The zero-order chi connectivity index (χ0) is 28.4. The third-order valence-corrected chi connectivity index (χ3v) is 10.1. The van der Waals surface area contributed by atoms with E-state index in [4.69, 9.17) is 0 Å². The van der Waals surface area contributed by atoms with Crippen molar-refractivity contribution in [3.05, 3.63) is 89.0 Å². The van der Waals surface area contributed by atoms with Crippen LogP contribution in [0.4, 0.5) is 13.9 Å². The number of nitrogens with zero attached hydrogens (tertiary/aromatic N) is 4. The van der Waals surface area contributed by atoms with Crippen molar-refractivity contribution < 1.29 is 22.0 Å². The molecule has 3 aromatic carbocycles. The van der Waals surface area contributed by atoms with Crippen molar-refractivity contribution in [1.82, 2.24) is 14.2 Å². The third-order valence-electron chi connectivity index (χ3n) is 7.25. The summed E-state index contributed by atoms with van der Waals surface area (Å²) in [5.41, 5.74) is 2.41. The Balaban J connectivity index is 1.42. The van der Waals surface area contributed by atoms with Crippen LogP contribution in [0.1, 0.15) is 35.3 Å². The number of thiazole rings is 1. The number of benzene rings is 3. The van der Waals surface area contributed by atoms with E-state index in [1.807, 2.05) is 38.1 Å². The average molecular weight is 585 g/mol. The number of aromatic nitrogens is 1. The molecular weight excluding hydrogens is 554 g/mol. The van der Waals surface area contributed by atoms with E-state index in [2.05, 4.69) is 9.88 Å². The molecule has 210 valence electrons. The number of anilines is 1. The molecule has 40 heavy (non-hydrogen) atoms. The van der Waals surface area contributed by atoms with Gasteiger partial charge < -0.3 is 4.90 Å². The number of amides is 1. The lowest BCUT2D eigenvalue weighted by molar-refractivity contribution is 0.0983. The Bertz CT molecular complexity index is 1640. The van der Waals surface area contributed by atoms with Gasteiger partial charge in [0.25, 0.3) is 5.91 Å². The van der Waals surface area contributed by atoms with Gasteiger partial charge in [-0.05, 0) is 61.0 Å². The SMILES string of the molecule is CCN(CC)CCN(C(=O)c1ccc(S(=O)(=O)N2CCc3ccccc3C2)cc1)c1nc2c(F)cc(F)cc2s1. The molecule has 0 spiro atoms. The summed E-state index contributed by atoms with van der Waals surface area (Å²) in [5.74, 6) is -1.90. The number of carbonyl (C=O) groups excluding carboxylic acids is 1. The molecule has 1 aromatic heterocycles. The van der Waals surface area contributed by atoms with Gasteiger partial charge >= 0.3 is 0 Å². The van der Waals surface area contributed by atoms with E-state index in [-0.39, 0.29) is 27.7 Å². The van der Waals surface area contributed by atoms with E-state index < -0.39 is 27.6 Å². The lowest BCUT2D eigenvalue weighted by Gasteiger charge is -2.28. The van der Waals surface area contributed by atoms with Crippen molar-refractivity contribution in [2.75, 3.05) is 37.6 Å². The quantitative estimate of drug-likeness (QED) is 0.267. The van der Waals surface area contributed by atoms with Crippen LogP contribution in [-0.4, -0.2) is 61.2 Å². The molecule has 0 saturated heterocycles. The number of carbonyl (C=O) groups is 1. The highest BCUT2D eigenvalue weighted by atomic mass is 32.2.